The number of anilines is 1. The minimum absolute atomic E-state index is 0.595. The van der Waals surface area contributed by atoms with Gasteiger partial charge in [-0.3, -0.25) is 0 Å². The molecule has 3 nitrogen and oxygen atoms in total. The first kappa shape index (κ1) is 11.8. The summed E-state index contributed by atoms with van der Waals surface area (Å²) < 4.78 is 5.09. The van der Waals surface area contributed by atoms with Gasteiger partial charge in [-0.2, -0.15) is 0 Å². The van der Waals surface area contributed by atoms with Crippen molar-refractivity contribution in [1.29, 1.82) is 0 Å². The number of rotatable bonds is 3. The fraction of sp³-hybridized carbons (Fsp3) is 0.667. The average molecular weight is 246 g/mol. The molecule has 0 bridgehead atoms. The first-order valence-corrected chi connectivity index (χ1v) is 7.09. The van der Waals surface area contributed by atoms with Crippen LogP contribution in [0.3, 0.4) is 0 Å². The third-order valence-corrected chi connectivity index (χ3v) is 4.81. The van der Waals surface area contributed by atoms with Crippen LogP contribution in [-0.2, 0) is 0 Å². The number of hydrogen-bond donors (Lipinski definition) is 1. The number of ether oxygens (including phenoxy) is 1. The maximum Gasteiger partial charge on any atom is 0.213 e. The highest BCUT2D eigenvalue weighted by atomic mass is 16.5. The van der Waals surface area contributed by atoms with Crippen LogP contribution in [0.15, 0.2) is 18.3 Å². The summed E-state index contributed by atoms with van der Waals surface area (Å²) >= 11 is 0. The van der Waals surface area contributed by atoms with Gasteiger partial charge < -0.3 is 10.1 Å². The molecule has 0 aliphatic heterocycles. The van der Waals surface area contributed by atoms with Crippen molar-refractivity contribution in [2.75, 3.05) is 12.4 Å². The van der Waals surface area contributed by atoms with Crippen LogP contribution in [0.2, 0.25) is 0 Å². The van der Waals surface area contributed by atoms with Crippen LogP contribution in [0.1, 0.15) is 44.9 Å². The Bertz CT molecular complexity index is 395. The molecule has 1 unspecified atom stereocenters. The van der Waals surface area contributed by atoms with Gasteiger partial charge in [-0.15, -0.1) is 0 Å². The van der Waals surface area contributed by atoms with Crippen molar-refractivity contribution in [2.45, 2.75) is 51.0 Å². The molecule has 98 valence electrons. The van der Waals surface area contributed by atoms with Gasteiger partial charge in [-0.1, -0.05) is 19.3 Å². The van der Waals surface area contributed by atoms with Crippen LogP contribution in [0, 0.1) is 5.41 Å². The van der Waals surface area contributed by atoms with Crippen LogP contribution in [0.5, 0.6) is 5.88 Å². The Morgan fingerprint density at radius 2 is 2.06 bits per heavy atom. The van der Waals surface area contributed by atoms with Crippen molar-refractivity contribution in [2.24, 2.45) is 5.41 Å². The molecule has 1 N–H and O–H groups in total. The van der Waals surface area contributed by atoms with Crippen molar-refractivity contribution < 1.29 is 4.74 Å². The fourth-order valence-corrected chi connectivity index (χ4v) is 3.56. The summed E-state index contributed by atoms with van der Waals surface area (Å²) in [6.07, 6.45) is 11.7. The number of pyridine rings is 1. The molecule has 1 atom stereocenters. The van der Waals surface area contributed by atoms with Crippen molar-refractivity contribution in [3.05, 3.63) is 18.3 Å². The van der Waals surface area contributed by atoms with E-state index in [1.54, 1.807) is 7.11 Å². The minimum atomic E-state index is 0.595. The molecule has 2 aliphatic rings. The average Bonchev–Trinajstić information content (AvgIpc) is 2.45. The monoisotopic (exact) mass is 246 g/mol. The van der Waals surface area contributed by atoms with Gasteiger partial charge in [-0.25, -0.2) is 4.98 Å². The molecule has 2 aliphatic carbocycles. The predicted molar refractivity (Wildman–Crippen MR) is 73.0 cm³/mol. The highest BCUT2D eigenvalue weighted by Gasteiger charge is 2.46. The number of nitrogens with zero attached hydrogens (tertiary/aromatic N) is 1. The molecule has 18 heavy (non-hydrogen) atoms. The zero-order chi connectivity index (χ0) is 12.4. The van der Waals surface area contributed by atoms with E-state index in [4.69, 9.17) is 4.74 Å². The Balaban J connectivity index is 1.65. The molecule has 2 fully saturated rings. The summed E-state index contributed by atoms with van der Waals surface area (Å²) in [6.45, 7) is 0. The van der Waals surface area contributed by atoms with E-state index >= 15 is 0 Å². The summed E-state index contributed by atoms with van der Waals surface area (Å²) in [6, 6.07) is 4.66. The maximum absolute atomic E-state index is 5.09. The van der Waals surface area contributed by atoms with Gasteiger partial charge in [0.25, 0.3) is 0 Å². The second-order valence-electron chi connectivity index (χ2n) is 5.75. The smallest absolute Gasteiger partial charge is 0.213 e. The topological polar surface area (TPSA) is 34.1 Å². The molecule has 1 aromatic heterocycles. The Hall–Kier alpha value is -1.25. The third kappa shape index (κ3) is 2.06. The highest BCUT2D eigenvalue weighted by molar-refractivity contribution is 5.44. The summed E-state index contributed by atoms with van der Waals surface area (Å²) in [5.41, 5.74) is 1.73. The molecule has 3 heteroatoms. The van der Waals surface area contributed by atoms with Crippen LogP contribution < -0.4 is 10.1 Å². The third-order valence-electron chi connectivity index (χ3n) is 4.81. The molecule has 1 aromatic rings. The van der Waals surface area contributed by atoms with Gasteiger partial charge in [-0.05, 0) is 37.2 Å². The van der Waals surface area contributed by atoms with Crippen molar-refractivity contribution in [3.63, 3.8) is 0 Å². The van der Waals surface area contributed by atoms with Gasteiger partial charge in [0.15, 0.2) is 0 Å². The lowest BCUT2D eigenvalue weighted by Gasteiger charge is -2.52. The molecule has 0 radical (unpaired) electrons. The van der Waals surface area contributed by atoms with Gasteiger partial charge >= 0.3 is 0 Å². The summed E-state index contributed by atoms with van der Waals surface area (Å²) in [5, 5.41) is 3.67. The molecule has 1 heterocycles. The molecule has 3 rings (SSSR count). The fourth-order valence-electron chi connectivity index (χ4n) is 3.56. The highest BCUT2D eigenvalue weighted by Crippen LogP contribution is 2.52. The number of nitrogens with one attached hydrogen (secondary N) is 1. The van der Waals surface area contributed by atoms with E-state index in [1.807, 2.05) is 12.3 Å². The van der Waals surface area contributed by atoms with E-state index in [-0.39, 0.29) is 0 Å². The van der Waals surface area contributed by atoms with Gasteiger partial charge in [0.2, 0.25) is 5.88 Å². The second-order valence-corrected chi connectivity index (χ2v) is 5.75. The lowest BCUT2D eigenvalue weighted by atomic mass is 9.57. The molecule has 0 aromatic carbocycles. The van der Waals surface area contributed by atoms with E-state index in [2.05, 4.69) is 16.4 Å². The molecular formula is C15H22N2O. The Morgan fingerprint density at radius 3 is 2.61 bits per heavy atom. The zero-order valence-electron chi connectivity index (χ0n) is 11.1. The number of methoxy groups -OCH3 is 1. The summed E-state index contributed by atoms with van der Waals surface area (Å²) in [7, 11) is 1.65. The van der Waals surface area contributed by atoms with Crippen molar-refractivity contribution in [1.82, 2.24) is 4.98 Å². The van der Waals surface area contributed by atoms with Crippen LogP contribution >= 0.6 is 0 Å². The number of hydrogen-bond acceptors (Lipinski definition) is 3. The number of aromatic nitrogens is 1. The normalized spacial score (nSPS) is 25.5. The van der Waals surface area contributed by atoms with Crippen LogP contribution in [0.4, 0.5) is 5.69 Å². The van der Waals surface area contributed by atoms with Gasteiger partial charge in [0.05, 0.1) is 19.0 Å². The second kappa shape index (κ2) is 4.79. The van der Waals surface area contributed by atoms with E-state index in [0.717, 1.165) is 5.69 Å². The molecule has 0 saturated heterocycles. The van der Waals surface area contributed by atoms with E-state index in [0.29, 0.717) is 17.3 Å². The van der Waals surface area contributed by atoms with Crippen LogP contribution in [-0.4, -0.2) is 18.1 Å². The summed E-state index contributed by atoms with van der Waals surface area (Å²) in [5.74, 6) is 0.682. The maximum atomic E-state index is 5.09. The predicted octanol–water partition coefficient (Wildman–Crippen LogP) is 3.62. The summed E-state index contributed by atoms with van der Waals surface area (Å²) in [4.78, 5) is 4.26. The van der Waals surface area contributed by atoms with Crippen molar-refractivity contribution in [3.8, 4) is 5.88 Å². The molecule has 2 saturated carbocycles. The SMILES string of the molecule is COc1ccc(NC2CCC23CCCCC3)cn1. The first-order chi connectivity index (χ1) is 8.82. The molecule has 0 amide bonds. The van der Waals surface area contributed by atoms with E-state index in [1.165, 1.54) is 44.9 Å². The molecule has 1 spiro atoms. The Labute approximate surface area is 109 Å². The van der Waals surface area contributed by atoms with E-state index in [9.17, 15) is 0 Å². The van der Waals surface area contributed by atoms with Gasteiger partial charge in [0.1, 0.15) is 0 Å². The zero-order valence-corrected chi connectivity index (χ0v) is 11.1. The minimum Gasteiger partial charge on any atom is -0.481 e. The first-order valence-electron chi connectivity index (χ1n) is 7.09. The quantitative estimate of drug-likeness (QED) is 0.884. The standard InChI is InChI=1S/C15H22N2O/c1-18-14-6-5-12(11-16-14)17-13-7-10-15(13)8-3-2-4-9-15/h5-6,11,13,17H,2-4,7-10H2,1H3. The lowest BCUT2D eigenvalue weighted by molar-refractivity contribution is 0.0571. The Kier molecular flexibility index (Phi) is 3.14. The van der Waals surface area contributed by atoms with Crippen LogP contribution in [0.25, 0.3) is 0 Å². The van der Waals surface area contributed by atoms with Gasteiger partial charge in [0, 0.05) is 12.1 Å². The largest absolute Gasteiger partial charge is 0.481 e. The van der Waals surface area contributed by atoms with E-state index < -0.39 is 0 Å². The Morgan fingerprint density at radius 1 is 1.22 bits per heavy atom. The lowest BCUT2D eigenvalue weighted by Crippen LogP contribution is -2.50. The van der Waals surface area contributed by atoms with Crippen molar-refractivity contribution >= 4 is 5.69 Å². The molecular weight excluding hydrogens is 224 g/mol.